The second kappa shape index (κ2) is 6.10. The van der Waals surface area contributed by atoms with Crippen LogP contribution in [0.25, 0.3) is 0 Å². The lowest BCUT2D eigenvalue weighted by Crippen LogP contribution is -2.23. The van der Waals surface area contributed by atoms with Gasteiger partial charge in [0.05, 0.1) is 19.3 Å². The number of nitrogens with two attached hydrogens (primary N) is 1. The van der Waals surface area contributed by atoms with E-state index >= 15 is 0 Å². The lowest BCUT2D eigenvalue weighted by molar-refractivity contribution is 0.0997. The molecule has 0 bridgehead atoms. The average molecular weight is 297 g/mol. The van der Waals surface area contributed by atoms with Crippen molar-refractivity contribution in [2.24, 2.45) is 11.7 Å². The summed E-state index contributed by atoms with van der Waals surface area (Å²) in [4.78, 5) is 11.5. The standard InChI is InChI=1S/C18H19NO3/c1-21-17-7-6-12(10-15(17)18(19)20)8-13-9-14-4-2-3-5-16(14)22-11-13/h2-7,10,13H,8-9,11H2,1H3,(H2,19,20)/t13-/m0/s1. The molecule has 0 fully saturated rings. The zero-order valence-corrected chi connectivity index (χ0v) is 12.5. The van der Waals surface area contributed by atoms with E-state index < -0.39 is 5.91 Å². The predicted molar refractivity (Wildman–Crippen MR) is 84.3 cm³/mol. The second-order valence-corrected chi connectivity index (χ2v) is 5.59. The van der Waals surface area contributed by atoms with Crippen molar-refractivity contribution in [2.75, 3.05) is 13.7 Å². The number of carbonyl (C=O) groups excluding carboxylic acids is 1. The van der Waals surface area contributed by atoms with Gasteiger partial charge in [0.15, 0.2) is 0 Å². The zero-order valence-electron chi connectivity index (χ0n) is 12.5. The van der Waals surface area contributed by atoms with E-state index in [0.29, 0.717) is 23.8 Å². The number of hydrogen-bond acceptors (Lipinski definition) is 3. The third-order valence-corrected chi connectivity index (χ3v) is 4.01. The van der Waals surface area contributed by atoms with Crippen LogP contribution < -0.4 is 15.2 Å². The predicted octanol–water partition coefficient (Wildman–Crippen LogP) is 2.59. The highest BCUT2D eigenvalue weighted by molar-refractivity contribution is 5.95. The number of rotatable bonds is 4. The van der Waals surface area contributed by atoms with E-state index in [-0.39, 0.29) is 0 Å². The summed E-state index contributed by atoms with van der Waals surface area (Å²) in [5.74, 6) is 1.42. The molecule has 0 aromatic heterocycles. The molecule has 1 aliphatic heterocycles. The number of fused-ring (bicyclic) bond motifs is 1. The fourth-order valence-corrected chi connectivity index (χ4v) is 2.93. The Labute approximate surface area is 129 Å². The lowest BCUT2D eigenvalue weighted by atomic mass is 9.90. The minimum absolute atomic E-state index is 0.393. The molecular weight excluding hydrogens is 278 g/mol. The van der Waals surface area contributed by atoms with Crippen LogP contribution in [-0.2, 0) is 12.8 Å². The van der Waals surface area contributed by atoms with Crippen LogP contribution in [0.2, 0.25) is 0 Å². The van der Waals surface area contributed by atoms with Gasteiger partial charge in [-0.2, -0.15) is 0 Å². The Morgan fingerprint density at radius 3 is 2.91 bits per heavy atom. The third kappa shape index (κ3) is 2.91. The number of methoxy groups -OCH3 is 1. The Morgan fingerprint density at radius 1 is 1.32 bits per heavy atom. The third-order valence-electron chi connectivity index (χ3n) is 4.01. The Morgan fingerprint density at radius 2 is 2.14 bits per heavy atom. The Hall–Kier alpha value is -2.49. The van der Waals surface area contributed by atoms with Crippen LogP contribution in [-0.4, -0.2) is 19.6 Å². The topological polar surface area (TPSA) is 61.6 Å². The van der Waals surface area contributed by atoms with Gasteiger partial charge >= 0.3 is 0 Å². The van der Waals surface area contributed by atoms with Gasteiger partial charge in [0, 0.05) is 5.92 Å². The van der Waals surface area contributed by atoms with Crippen molar-refractivity contribution in [1.82, 2.24) is 0 Å². The van der Waals surface area contributed by atoms with Crippen molar-refractivity contribution >= 4 is 5.91 Å². The van der Waals surface area contributed by atoms with Crippen molar-refractivity contribution in [3.63, 3.8) is 0 Å². The molecule has 2 aromatic rings. The van der Waals surface area contributed by atoms with Gasteiger partial charge < -0.3 is 15.2 Å². The maximum Gasteiger partial charge on any atom is 0.252 e. The molecule has 0 spiro atoms. The molecule has 1 amide bonds. The molecule has 0 aliphatic carbocycles. The SMILES string of the molecule is COc1ccc(C[C@@H]2COc3ccccc3C2)cc1C(N)=O. The molecule has 0 radical (unpaired) electrons. The number of carbonyl (C=O) groups is 1. The van der Waals surface area contributed by atoms with Crippen LogP contribution in [0.5, 0.6) is 11.5 Å². The zero-order chi connectivity index (χ0) is 15.5. The molecule has 0 saturated carbocycles. The van der Waals surface area contributed by atoms with Gasteiger partial charge in [0.25, 0.3) is 5.91 Å². The molecule has 1 heterocycles. The molecule has 2 N–H and O–H groups in total. The first kappa shape index (κ1) is 14.4. The first-order chi connectivity index (χ1) is 10.7. The number of ether oxygens (including phenoxy) is 2. The summed E-state index contributed by atoms with van der Waals surface area (Å²) in [6.45, 7) is 0.689. The van der Waals surface area contributed by atoms with Gasteiger partial charge in [0.1, 0.15) is 11.5 Å². The number of primary amides is 1. The van der Waals surface area contributed by atoms with E-state index in [1.165, 1.54) is 12.7 Å². The van der Waals surface area contributed by atoms with Gasteiger partial charge in [-0.1, -0.05) is 24.3 Å². The van der Waals surface area contributed by atoms with Gasteiger partial charge in [-0.25, -0.2) is 0 Å². The minimum Gasteiger partial charge on any atom is -0.496 e. The van der Waals surface area contributed by atoms with Crippen LogP contribution in [0.1, 0.15) is 21.5 Å². The quantitative estimate of drug-likeness (QED) is 0.943. The van der Waals surface area contributed by atoms with E-state index in [0.717, 1.165) is 24.2 Å². The van der Waals surface area contributed by atoms with Crippen molar-refractivity contribution in [1.29, 1.82) is 0 Å². The molecule has 1 atom stereocenters. The fourth-order valence-electron chi connectivity index (χ4n) is 2.93. The first-order valence-corrected chi connectivity index (χ1v) is 7.35. The Bertz CT molecular complexity index is 696. The van der Waals surface area contributed by atoms with Crippen molar-refractivity contribution in [3.05, 3.63) is 59.2 Å². The summed E-state index contributed by atoms with van der Waals surface area (Å²) < 4.78 is 11.0. The first-order valence-electron chi connectivity index (χ1n) is 7.35. The van der Waals surface area contributed by atoms with Crippen molar-refractivity contribution in [2.45, 2.75) is 12.8 Å². The van der Waals surface area contributed by atoms with Crippen molar-refractivity contribution < 1.29 is 14.3 Å². The van der Waals surface area contributed by atoms with Gasteiger partial charge in [-0.3, -0.25) is 4.79 Å². The maximum absolute atomic E-state index is 11.5. The lowest BCUT2D eigenvalue weighted by Gasteiger charge is -2.25. The Balaban J connectivity index is 1.77. The van der Waals surface area contributed by atoms with Crippen LogP contribution in [0.3, 0.4) is 0 Å². The van der Waals surface area contributed by atoms with Gasteiger partial charge in [-0.15, -0.1) is 0 Å². The largest absolute Gasteiger partial charge is 0.496 e. The van der Waals surface area contributed by atoms with Crippen LogP contribution in [0, 0.1) is 5.92 Å². The molecule has 4 nitrogen and oxygen atoms in total. The molecular formula is C18H19NO3. The second-order valence-electron chi connectivity index (χ2n) is 5.59. The molecule has 114 valence electrons. The van der Waals surface area contributed by atoms with Crippen LogP contribution in [0.4, 0.5) is 0 Å². The summed E-state index contributed by atoms with van der Waals surface area (Å²) in [5.41, 5.74) is 8.15. The summed E-state index contributed by atoms with van der Waals surface area (Å²) >= 11 is 0. The summed E-state index contributed by atoms with van der Waals surface area (Å²) in [5, 5.41) is 0. The average Bonchev–Trinajstić information content (AvgIpc) is 2.54. The molecule has 1 aliphatic rings. The summed E-state index contributed by atoms with van der Waals surface area (Å²) in [6, 6.07) is 13.7. The van der Waals surface area contributed by atoms with Gasteiger partial charge in [0.2, 0.25) is 0 Å². The van der Waals surface area contributed by atoms with Gasteiger partial charge in [-0.05, 0) is 42.2 Å². The normalized spacial score (nSPS) is 16.5. The maximum atomic E-state index is 11.5. The number of para-hydroxylation sites is 1. The molecule has 22 heavy (non-hydrogen) atoms. The molecule has 3 rings (SSSR count). The van der Waals surface area contributed by atoms with E-state index in [9.17, 15) is 4.79 Å². The van der Waals surface area contributed by atoms with E-state index in [1.807, 2.05) is 30.3 Å². The van der Waals surface area contributed by atoms with Crippen molar-refractivity contribution in [3.8, 4) is 11.5 Å². The smallest absolute Gasteiger partial charge is 0.252 e. The van der Waals surface area contributed by atoms with Crippen LogP contribution >= 0.6 is 0 Å². The van der Waals surface area contributed by atoms with Crippen LogP contribution in [0.15, 0.2) is 42.5 Å². The van der Waals surface area contributed by atoms with E-state index in [2.05, 4.69) is 6.07 Å². The summed E-state index contributed by atoms with van der Waals surface area (Å²) in [7, 11) is 1.54. The highest BCUT2D eigenvalue weighted by Crippen LogP contribution is 2.29. The Kier molecular flexibility index (Phi) is 4.00. The molecule has 0 saturated heterocycles. The fraction of sp³-hybridized carbons (Fsp3) is 0.278. The molecule has 2 aromatic carbocycles. The highest BCUT2D eigenvalue weighted by Gasteiger charge is 2.20. The molecule has 4 heteroatoms. The number of benzene rings is 2. The monoisotopic (exact) mass is 297 g/mol. The number of amides is 1. The molecule has 0 unspecified atom stereocenters. The van der Waals surface area contributed by atoms with E-state index in [4.69, 9.17) is 15.2 Å². The summed E-state index contributed by atoms with van der Waals surface area (Å²) in [6.07, 6.45) is 1.83. The number of hydrogen-bond donors (Lipinski definition) is 1. The van der Waals surface area contributed by atoms with E-state index in [1.54, 1.807) is 6.07 Å². The minimum atomic E-state index is -0.469. The highest BCUT2D eigenvalue weighted by atomic mass is 16.5.